The summed E-state index contributed by atoms with van der Waals surface area (Å²) in [6.07, 6.45) is 0.235. The molecule has 0 aromatic heterocycles. The molecule has 3 rings (SSSR count). The lowest BCUT2D eigenvalue weighted by Gasteiger charge is -2.11. The SMILES string of the molecule is O=C1c2ccccc2-c2ccc(CC(=O)C(Br)(Br)Br)cc21. The Morgan fingerprint density at radius 2 is 1.52 bits per heavy atom. The van der Waals surface area contributed by atoms with Crippen molar-refractivity contribution in [2.24, 2.45) is 0 Å². The fraction of sp³-hybridized carbons (Fsp3) is 0.125. The Morgan fingerprint density at radius 1 is 0.905 bits per heavy atom. The first-order chi connectivity index (χ1) is 9.88. The summed E-state index contributed by atoms with van der Waals surface area (Å²) in [5, 5.41) is 0. The van der Waals surface area contributed by atoms with Gasteiger partial charge in [0.15, 0.2) is 13.7 Å². The first-order valence-corrected chi connectivity index (χ1v) is 8.63. The maximum Gasteiger partial charge on any atom is 0.194 e. The molecular weight excluding hydrogens is 464 g/mol. The Hall–Kier alpha value is -0.780. The molecular formula is C16H9Br3O2. The van der Waals surface area contributed by atoms with Crippen LogP contribution < -0.4 is 0 Å². The van der Waals surface area contributed by atoms with E-state index in [1.54, 1.807) is 0 Å². The second kappa shape index (κ2) is 5.45. The Balaban J connectivity index is 1.98. The molecule has 0 spiro atoms. The fourth-order valence-corrected chi connectivity index (χ4v) is 2.89. The fourth-order valence-electron chi connectivity index (χ4n) is 2.47. The van der Waals surface area contributed by atoms with Crippen LogP contribution in [0, 0.1) is 0 Å². The summed E-state index contributed by atoms with van der Waals surface area (Å²) < 4.78 is -0.918. The van der Waals surface area contributed by atoms with E-state index in [9.17, 15) is 9.59 Å². The van der Waals surface area contributed by atoms with E-state index in [-0.39, 0.29) is 18.0 Å². The number of Topliss-reactive ketones (excluding diaryl/α,β-unsaturated/α-hetero) is 1. The minimum Gasteiger partial charge on any atom is -0.296 e. The van der Waals surface area contributed by atoms with Crippen LogP contribution >= 0.6 is 47.8 Å². The van der Waals surface area contributed by atoms with E-state index < -0.39 is 2.14 Å². The van der Waals surface area contributed by atoms with Gasteiger partial charge in [0.25, 0.3) is 0 Å². The summed E-state index contributed by atoms with van der Waals surface area (Å²) in [5.41, 5.74) is 4.13. The molecule has 0 aliphatic heterocycles. The highest BCUT2D eigenvalue weighted by molar-refractivity contribution is 9.40. The average Bonchev–Trinajstić information content (AvgIpc) is 2.72. The van der Waals surface area contributed by atoms with Crippen molar-refractivity contribution in [3.05, 3.63) is 59.2 Å². The molecule has 0 amide bonds. The van der Waals surface area contributed by atoms with E-state index in [1.165, 1.54) is 0 Å². The van der Waals surface area contributed by atoms with Crippen molar-refractivity contribution in [1.82, 2.24) is 0 Å². The van der Waals surface area contributed by atoms with Gasteiger partial charge in [0.05, 0.1) is 0 Å². The van der Waals surface area contributed by atoms with Crippen molar-refractivity contribution in [2.75, 3.05) is 0 Å². The zero-order valence-corrected chi connectivity index (χ0v) is 15.5. The Labute approximate surface area is 147 Å². The molecule has 0 saturated carbocycles. The molecule has 1 aliphatic rings. The largest absolute Gasteiger partial charge is 0.296 e. The standard InChI is InChI=1S/C16H9Br3O2/c17-16(18,19)14(20)8-9-5-6-11-10-3-1-2-4-12(10)15(21)13(11)7-9/h1-7H,8H2. The minimum absolute atomic E-state index is 0.0256. The number of benzene rings is 2. The number of alkyl halides is 3. The molecule has 0 saturated heterocycles. The molecule has 21 heavy (non-hydrogen) atoms. The van der Waals surface area contributed by atoms with Crippen LogP contribution in [-0.2, 0) is 11.2 Å². The molecule has 5 heteroatoms. The van der Waals surface area contributed by atoms with Crippen molar-refractivity contribution in [3.8, 4) is 11.1 Å². The van der Waals surface area contributed by atoms with Gasteiger partial charge in [0.2, 0.25) is 0 Å². The highest BCUT2D eigenvalue weighted by Crippen LogP contribution is 2.38. The topological polar surface area (TPSA) is 34.1 Å². The Kier molecular flexibility index (Phi) is 3.93. The van der Waals surface area contributed by atoms with E-state index in [4.69, 9.17) is 0 Å². The molecule has 0 unspecified atom stereocenters. The lowest BCUT2D eigenvalue weighted by molar-refractivity contribution is -0.116. The molecule has 0 fully saturated rings. The van der Waals surface area contributed by atoms with Crippen molar-refractivity contribution < 1.29 is 9.59 Å². The molecule has 2 aromatic carbocycles. The molecule has 0 N–H and O–H groups in total. The quantitative estimate of drug-likeness (QED) is 0.500. The summed E-state index contributed by atoms with van der Waals surface area (Å²) >= 11 is 9.65. The number of carbonyl (C=O) groups excluding carboxylic acids is 2. The number of ketones is 2. The third-order valence-corrected chi connectivity index (χ3v) is 4.80. The van der Waals surface area contributed by atoms with Gasteiger partial charge in [-0.05, 0) is 22.8 Å². The second-order valence-corrected chi connectivity index (χ2v) is 11.6. The van der Waals surface area contributed by atoms with Gasteiger partial charge in [0.1, 0.15) is 0 Å². The molecule has 0 heterocycles. The predicted octanol–water partition coefficient (Wildman–Crippen LogP) is 4.85. The number of halogens is 3. The second-order valence-electron chi connectivity index (χ2n) is 4.85. The van der Waals surface area contributed by atoms with Crippen LogP contribution in [0.4, 0.5) is 0 Å². The Bertz CT molecular complexity index is 760. The van der Waals surface area contributed by atoms with Gasteiger partial charge < -0.3 is 0 Å². The van der Waals surface area contributed by atoms with Crippen LogP contribution in [0.15, 0.2) is 42.5 Å². The number of rotatable bonds is 2. The van der Waals surface area contributed by atoms with E-state index in [1.807, 2.05) is 42.5 Å². The molecule has 2 aromatic rings. The van der Waals surface area contributed by atoms with Crippen molar-refractivity contribution in [1.29, 1.82) is 0 Å². The van der Waals surface area contributed by atoms with Gasteiger partial charge in [-0.3, -0.25) is 9.59 Å². The van der Waals surface area contributed by atoms with E-state index in [2.05, 4.69) is 47.8 Å². The van der Waals surface area contributed by atoms with Gasteiger partial charge in [-0.2, -0.15) is 0 Å². The summed E-state index contributed by atoms with van der Waals surface area (Å²) in [5.74, 6) is -0.0388. The summed E-state index contributed by atoms with van der Waals surface area (Å²) in [6, 6.07) is 13.2. The highest BCUT2D eigenvalue weighted by atomic mass is 80.0. The molecule has 0 atom stereocenters. The van der Waals surface area contributed by atoms with Gasteiger partial charge in [0, 0.05) is 17.5 Å². The van der Waals surface area contributed by atoms with Crippen LogP contribution in [0.5, 0.6) is 0 Å². The average molecular weight is 473 g/mol. The van der Waals surface area contributed by atoms with Gasteiger partial charge in [-0.25, -0.2) is 0 Å². The van der Waals surface area contributed by atoms with E-state index in [0.717, 1.165) is 22.3 Å². The smallest absolute Gasteiger partial charge is 0.194 e. The van der Waals surface area contributed by atoms with Gasteiger partial charge in [-0.15, -0.1) is 0 Å². The molecule has 1 aliphatic carbocycles. The third kappa shape index (κ3) is 2.79. The van der Waals surface area contributed by atoms with Crippen LogP contribution in [0.25, 0.3) is 11.1 Å². The lowest BCUT2D eigenvalue weighted by Crippen LogP contribution is -2.19. The predicted molar refractivity (Wildman–Crippen MR) is 93.5 cm³/mol. The van der Waals surface area contributed by atoms with Gasteiger partial charge >= 0.3 is 0 Å². The molecule has 0 bridgehead atoms. The zero-order chi connectivity index (χ0) is 15.2. The van der Waals surface area contributed by atoms with Gasteiger partial charge in [-0.1, -0.05) is 84.2 Å². The zero-order valence-electron chi connectivity index (χ0n) is 10.7. The Morgan fingerprint density at radius 3 is 2.19 bits per heavy atom. The monoisotopic (exact) mass is 470 g/mol. The van der Waals surface area contributed by atoms with Crippen LogP contribution in [0.2, 0.25) is 0 Å². The molecule has 2 nitrogen and oxygen atoms in total. The first kappa shape index (κ1) is 15.1. The summed E-state index contributed by atoms with van der Waals surface area (Å²) in [7, 11) is 0. The molecule has 106 valence electrons. The first-order valence-electron chi connectivity index (χ1n) is 6.25. The summed E-state index contributed by atoms with van der Waals surface area (Å²) in [6.45, 7) is 0. The van der Waals surface area contributed by atoms with E-state index in [0.29, 0.717) is 5.56 Å². The minimum atomic E-state index is -0.918. The maximum atomic E-state index is 12.4. The number of hydrogen-bond donors (Lipinski definition) is 0. The van der Waals surface area contributed by atoms with E-state index >= 15 is 0 Å². The van der Waals surface area contributed by atoms with Crippen molar-refractivity contribution in [2.45, 2.75) is 8.56 Å². The number of hydrogen-bond acceptors (Lipinski definition) is 2. The van der Waals surface area contributed by atoms with Crippen LogP contribution in [0.3, 0.4) is 0 Å². The summed E-state index contributed by atoms with van der Waals surface area (Å²) in [4.78, 5) is 24.4. The number of fused-ring (bicyclic) bond motifs is 3. The maximum absolute atomic E-state index is 12.4. The third-order valence-electron chi connectivity index (χ3n) is 3.47. The molecule has 0 radical (unpaired) electrons. The highest BCUT2D eigenvalue weighted by Gasteiger charge is 2.30. The van der Waals surface area contributed by atoms with Crippen LogP contribution in [-0.4, -0.2) is 13.7 Å². The van der Waals surface area contributed by atoms with Crippen LogP contribution in [0.1, 0.15) is 21.5 Å². The lowest BCUT2D eigenvalue weighted by atomic mass is 10.0. The van der Waals surface area contributed by atoms with Crippen molar-refractivity contribution >= 4 is 59.4 Å². The van der Waals surface area contributed by atoms with Crippen molar-refractivity contribution in [3.63, 3.8) is 0 Å². The number of carbonyl (C=O) groups is 2. The normalized spacial score (nSPS) is 13.0.